The van der Waals surface area contributed by atoms with Crippen molar-refractivity contribution in [3.05, 3.63) is 16.1 Å². The van der Waals surface area contributed by atoms with Crippen LogP contribution < -0.4 is 0 Å². The molecule has 0 aromatic carbocycles. The van der Waals surface area contributed by atoms with Crippen LogP contribution in [0.5, 0.6) is 0 Å². The second-order valence-electron chi connectivity index (χ2n) is 4.16. The molecule has 0 bridgehead atoms. The second-order valence-corrected chi connectivity index (χ2v) is 5.13. The van der Waals surface area contributed by atoms with E-state index in [0.29, 0.717) is 12.3 Å². The minimum Gasteiger partial charge on any atom is -0.298 e. The fourth-order valence-corrected chi connectivity index (χ4v) is 2.70. The molecule has 82 valence electrons. The Morgan fingerprint density at radius 2 is 2.27 bits per heavy atom. The topological polar surface area (TPSA) is 33.2 Å². The molecule has 2 heterocycles. The predicted octanol–water partition coefficient (Wildman–Crippen LogP) is 1.92. The first-order chi connectivity index (χ1) is 7.16. The van der Waals surface area contributed by atoms with E-state index in [-0.39, 0.29) is 0 Å². The highest BCUT2D eigenvalue weighted by Crippen LogP contribution is 2.20. The van der Waals surface area contributed by atoms with Crippen LogP contribution in [-0.2, 0) is 11.3 Å². The van der Waals surface area contributed by atoms with Crippen LogP contribution >= 0.6 is 11.5 Å². The Labute approximate surface area is 94.3 Å². The third-order valence-corrected chi connectivity index (χ3v) is 3.78. The van der Waals surface area contributed by atoms with Gasteiger partial charge in [-0.3, -0.25) is 9.69 Å². The van der Waals surface area contributed by atoms with Gasteiger partial charge in [0.25, 0.3) is 0 Å². The number of Topliss-reactive ketones (excluding diaryl/α,β-unsaturated/α-hetero) is 1. The first-order valence-electron chi connectivity index (χ1n) is 5.32. The molecule has 15 heavy (non-hydrogen) atoms. The van der Waals surface area contributed by atoms with Crippen LogP contribution in [0.3, 0.4) is 0 Å². The number of ketones is 1. The Morgan fingerprint density at radius 3 is 2.87 bits per heavy atom. The standard InChI is InChI=1S/C11H16N2OS/c1-8-11(9(2)15-12-8)7-13-5-3-4-10(14)6-13/h3-7H2,1-2H3. The van der Waals surface area contributed by atoms with Crippen LogP contribution in [0.2, 0.25) is 0 Å². The van der Waals surface area contributed by atoms with Crippen molar-refractivity contribution < 1.29 is 4.79 Å². The van der Waals surface area contributed by atoms with E-state index in [1.165, 1.54) is 10.4 Å². The van der Waals surface area contributed by atoms with E-state index in [1.54, 1.807) is 11.5 Å². The van der Waals surface area contributed by atoms with Crippen molar-refractivity contribution in [2.45, 2.75) is 33.2 Å². The number of carbonyl (C=O) groups is 1. The Bertz CT molecular complexity index is 353. The van der Waals surface area contributed by atoms with Gasteiger partial charge >= 0.3 is 0 Å². The quantitative estimate of drug-likeness (QED) is 0.769. The monoisotopic (exact) mass is 224 g/mol. The van der Waals surface area contributed by atoms with Gasteiger partial charge in [0, 0.05) is 23.4 Å². The molecule has 1 aromatic rings. The number of carbonyl (C=O) groups excluding carboxylic acids is 1. The largest absolute Gasteiger partial charge is 0.298 e. The highest BCUT2D eigenvalue weighted by atomic mass is 32.1. The van der Waals surface area contributed by atoms with Crippen LogP contribution in [0.4, 0.5) is 0 Å². The first-order valence-corrected chi connectivity index (χ1v) is 6.10. The molecule has 0 aliphatic carbocycles. The van der Waals surface area contributed by atoms with Crippen molar-refractivity contribution in [1.29, 1.82) is 0 Å². The molecule has 3 nitrogen and oxygen atoms in total. The van der Waals surface area contributed by atoms with E-state index in [0.717, 1.165) is 31.6 Å². The molecule has 1 aliphatic heterocycles. The van der Waals surface area contributed by atoms with Crippen LogP contribution in [0.25, 0.3) is 0 Å². The molecule has 1 saturated heterocycles. The Kier molecular flexibility index (Phi) is 3.17. The fraction of sp³-hybridized carbons (Fsp3) is 0.636. The average molecular weight is 224 g/mol. The molecule has 0 amide bonds. The normalized spacial score (nSPS) is 18.4. The Hall–Kier alpha value is -0.740. The van der Waals surface area contributed by atoms with Crippen LogP contribution in [0.15, 0.2) is 0 Å². The van der Waals surface area contributed by atoms with E-state index >= 15 is 0 Å². The van der Waals surface area contributed by atoms with Gasteiger partial charge in [-0.1, -0.05) is 0 Å². The zero-order valence-electron chi connectivity index (χ0n) is 9.25. The van der Waals surface area contributed by atoms with Gasteiger partial charge in [0.15, 0.2) is 0 Å². The predicted molar refractivity (Wildman–Crippen MR) is 61.1 cm³/mol. The van der Waals surface area contributed by atoms with Gasteiger partial charge in [0.2, 0.25) is 0 Å². The number of piperidine rings is 1. The summed E-state index contributed by atoms with van der Waals surface area (Å²) >= 11 is 1.56. The zero-order valence-corrected chi connectivity index (χ0v) is 10.1. The molecule has 0 radical (unpaired) electrons. The lowest BCUT2D eigenvalue weighted by atomic mass is 10.1. The summed E-state index contributed by atoms with van der Waals surface area (Å²) in [4.78, 5) is 14.8. The summed E-state index contributed by atoms with van der Waals surface area (Å²) in [6, 6.07) is 0. The summed E-state index contributed by atoms with van der Waals surface area (Å²) in [7, 11) is 0. The maximum atomic E-state index is 11.3. The summed E-state index contributed by atoms with van der Waals surface area (Å²) in [5, 5.41) is 0. The van der Waals surface area contributed by atoms with E-state index in [2.05, 4.69) is 16.2 Å². The minimum absolute atomic E-state index is 0.375. The number of nitrogens with zero attached hydrogens (tertiary/aromatic N) is 2. The fourth-order valence-electron chi connectivity index (χ4n) is 1.99. The third-order valence-electron chi connectivity index (χ3n) is 2.89. The van der Waals surface area contributed by atoms with E-state index in [9.17, 15) is 4.79 Å². The van der Waals surface area contributed by atoms with Crippen molar-refractivity contribution >= 4 is 17.3 Å². The molecule has 1 aliphatic rings. The van der Waals surface area contributed by atoms with E-state index in [4.69, 9.17) is 0 Å². The number of rotatable bonds is 2. The molecule has 0 N–H and O–H groups in total. The summed E-state index contributed by atoms with van der Waals surface area (Å²) in [6.45, 7) is 6.70. The SMILES string of the molecule is Cc1nsc(C)c1CN1CCCC(=O)C1. The van der Waals surface area contributed by atoms with Crippen molar-refractivity contribution in [1.82, 2.24) is 9.27 Å². The van der Waals surface area contributed by atoms with Gasteiger partial charge in [-0.25, -0.2) is 0 Å². The number of aromatic nitrogens is 1. The van der Waals surface area contributed by atoms with E-state index in [1.807, 2.05) is 6.92 Å². The smallest absolute Gasteiger partial charge is 0.146 e. The molecule has 4 heteroatoms. The first kappa shape index (κ1) is 10.8. The lowest BCUT2D eigenvalue weighted by Crippen LogP contribution is -2.35. The maximum absolute atomic E-state index is 11.3. The number of likely N-dealkylation sites (tertiary alicyclic amines) is 1. The van der Waals surface area contributed by atoms with Crippen LogP contribution in [0, 0.1) is 13.8 Å². The molecule has 1 aromatic heterocycles. The van der Waals surface area contributed by atoms with Crippen molar-refractivity contribution in [3.8, 4) is 0 Å². The number of hydrogen-bond acceptors (Lipinski definition) is 4. The lowest BCUT2D eigenvalue weighted by Gasteiger charge is -2.25. The van der Waals surface area contributed by atoms with Gasteiger partial charge in [-0.15, -0.1) is 0 Å². The van der Waals surface area contributed by atoms with Crippen molar-refractivity contribution in [2.24, 2.45) is 0 Å². The zero-order chi connectivity index (χ0) is 10.8. The molecule has 1 fully saturated rings. The van der Waals surface area contributed by atoms with Crippen LogP contribution in [0.1, 0.15) is 29.0 Å². The van der Waals surface area contributed by atoms with Crippen molar-refractivity contribution in [2.75, 3.05) is 13.1 Å². The highest BCUT2D eigenvalue weighted by molar-refractivity contribution is 7.05. The van der Waals surface area contributed by atoms with E-state index < -0.39 is 0 Å². The third kappa shape index (κ3) is 2.44. The lowest BCUT2D eigenvalue weighted by molar-refractivity contribution is -0.122. The highest BCUT2D eigenvalue weighted by Gasteiger charge is 2.18. The molecule has 0 saturated carbocycles. The molecule has 0 atom stereocenters. The number of hydrogen-bond donors (Lipinski definition) is 0. The molecule has 0 unspecified atom stereocenters. The summed E-state index contributed by atoms with van der Waals surface area (Å²) in [6.07, 6.45) is 1.77. The maximum Gasteiger partial charge on any atom is 0.146 e. The van der Waals surface area contributed by atoms with Gasteiger partial charge in [-0.2, -0.15) is 4.37 Å². The molecular formula is C11H16N2OS. The van der Waals surface area contributed by atoms with Gasteiger partial charge in [-0.05, 0) is 38.3 Å². The molecular weight excluding hydrogens is 208 g/mol. The van der Waals surface area contributed by atoms with Gasteiger partial charge < -0.3 is 0 Å². The summed E-state index contributed by atoms with van der Waals surface area (Å²) in [5.41, 5.74) is 2.44. The second kappa shape index (κ2) is 4.41. The van der Waals surface area contributed by atoms with Gasteiger partial charge in [0.1, 0.15) is 5.78 Å². The minimum atomic E-state index is 0.375. The Morgan fingerprint density at radius 1 is 1.47 bits per heavy atom. The molecule has 0 spiro atoms. The molecule has 2 rings (SSSR count). The Balaban J connectivity index is 2.05. The van der Waals surface area contributed by atoms with Gasteiger partial charge in [0.05, 0.1) is 12.2 Å². The number of aryl methyl sites for hydroxylation is 2. The van der Waals surface area contributed by atoms with Crippen LogP contribution in [-0.4, -0.2) is 28.1 Å². The summed E-state index contributed by atoms with van der Waals surface area (Å²) < 4.78 is 4.33. The van der Waals surface area contributed by atoms with Crippen molar-refractivity contribution in [3.63, 3.8) is 0 Å². The summed E-state index contributed by atoms with van der Waals surface area (Å²) in [5.74, 6) is 0.375. The average Bonchev–Trinajstić information content (AvgIpc) is 2.50.